The van der Waals surface area contributed by atoms with E-state index in [1.807, 2.05) is 34.5 Å². The second-order valence-corrected chi connectivity index (χ2v) is 6.76. The van der Waals surface area contributed by atoms with Crippen LogP contribution in [-0.2, 0) is 17.8 Å². The Morgan fingerprint density at radius 3 is 2.83 bits per heavy atom. The van der Waals surface area contributed by atoms with Gasteiger partial charge in [0.05, 0.1) is 18.4 Å². The van der Waals surface area contributed by atoms with Crippen molar-refractivity contribution in [2.45, 2.75) is 31.8 Å². The van der Waals surface area contributed by atoms with Crippen molar-refractivity contribution in [3.05, 3.63) is 59.6 Å². The van der Waals surface area contributed by atoms with E-state index in [0.717, 1.165) is 34.9 Å². The van der Waals surface area contributed by atoms with Gasteiger partial charge in [0, 0.05) is 30.4 Å². The number of nitrogens with zero attached hydrogens (tertiary/aromatic N) is 3. The number of rotatable bonds is 6. The molecule has 0 aliphatic heterocycles. The molecule has 122 valence electrons. The van der Waals surface area contributed by atoms with Gasteiger partial charge in [-0.15, -0.1) is 11.3 Å². The maximum Gasteiger partial charge on any atom is 0.229 e. The molecule has 0 atom stereocenters. The first-order valence-corrected chi connectivity index (χ1v) is 8.84. The van der Waals surface area contributed by atoms with Crippen molar-refractivity contribution in [2.75, 3.05) is 0 Å². The summed E-state index contributed by atoms with van der Waals surface area (Å²) in [7, 11) is 0. The van der Waals surface area contributed by atoms with Crippen LogP contribution in [0.4, 0.5) is 0 Å². The van der Waals surface area contributed by atoms with Crippen LogP contribution in [0.2, 0.25) is 0 Å². The molecule has 0 radical (unpaired) electrons. The Hall–Kier alpha value is -2.47. The molecule has 1 amide bonds. The quantitative estimate of drug-likeness (QED) is 0.689. The van der Waals surface area contributed by atoms with Crippen LogP contribution >= 0.6 is 11.3 Å². The van der Waals surface area contributed by atoms with Crippen LogP contribution in [0.3, 0.4) is 0 Å². The average molecular weight is 339 g/mol. The molecule has 0 unspecified atom stereocenters. The number of furan rings is 1. The molecule has 0 spiro atoms. The summed E-state index contributed by atoms with van der Waals surface area (Å²) >= 11 is 1.51. The molecular formula is C18H17N3O2S. The van der Waals surface area contributed by atoms with E-state index >= 15 is 0 Å². The molecule has 1 fully saturated rings. The first-order chi connectivity index (χ1) is 11.8. The van der Waals surface area contributed by atoms with E-state index in [2.05, 4.69) is 9.97 Å². The number of aromatic nitrogens is 2. The van der Waals surface area contributed by atoms with Gasteiger partial charge in [0.15, 0.2) is 10.8 Å². The zero-order valence-corrected chi connectivity index (χ0v) is 13.9. The van der Waals surface area contributed by atoms with Gasteiger partial charge in [0.1, 0.15) is 0 Å². The Balaban J connectivity index is 1.45. The first kappa shape index (κ1) is 15.1. The molecule has 1 aliphatic carbocycles. The number of thiazole rings is 1. The molecular weight excluding hydrogens is 322 g/mol. The highest BCUT2D eigenvalue weighted by atomic mass is 32.1. The van der Waals surface area contributed by atoms with E-state index in [1.54, 1.807) is 18.7 Å². The Morgan fingerprint density at radius 1 is 1.29 bits per heavy atom. The topological polar surface area (TPSA) is 59.2 Å². The summed E-state index contributed by atoms with van der Waals surface area (Å²) in [6.07, 6.45) is 7.67. The zero-order valence-electron chi connectivity index (χ0n) is 13.1. The number of hydrogen-bond donors (Lipinski definition) is 0. The van der Waals surface area contributed by atoms with Gasteiger partial charge in [-0.25, -0.2) is 4.98 Å². The van der Waals surface area contributed by atoms with E-state index in [4.69, 9.17) is 4.42 Å². The highest BCUT2D eigenvalue weighted by Gasteiger charge is 2.32. The average Bonchev–Trinajstić information content (AvgIpc) is 3.09. The second kappa shape index (κ2) is 6.57. The van der Waals surface area contributed by atoms with Crippen molar-refractivity contribution in [2.24, 2.45) is 0 Å². The van der Waals surface area contributed by atoms with Crippen molar-refractivity contribution in [1.29, 1.82) is 0 Å². The highest BCUT2D eigenvalue weighted by Crippen LogP contribution is 2.30. The largest absolute Gasteiger partial charge is 0.462 e. The summed E-state index contributed by atoms with van der Waals surface area (Å²) < 4.78 is 5.36. The predicted octanol–water partition coefficient (Wildman–Crippen LogP) is 3.53. The lowest BCUT2D eigenvalue weighted by atomic mass is 10.2. The van der Waals surface area contributed by atoms with Gasteiger partial charge in [-0.05, 0) is 42.7 Å². The second-order valence-electron chi connectivity index (χ2n) is 5.91. The van der Waals surface area contributed by atoms with E-state index in [0.29, 0.717) is 19.0 Å². The van der Waals surface area contributed by atoms with Crippen molar-refractivity contribution < 1.29 is 9.21 Å². The van der Waals surface area contributed by atoms with Crippen LogP contribution in [0.15, 0.2) is 52.7 Å². The molecule has 3 aromatic rings. The maximum atomic E-state index is 12.7. The molecule has 6 heteroatoms. The van der Waals surface area contributed by atoms with Crippen molar-refractivity contribution >= 4 is 17.2 Å². The summed E-state index contributed by atoms with van der Waals surface area (Å²) in [4.78, 5) is 23.3. The number of amides is 1. The predicted molar refractivity (Wildman–Crippen MR) is 91.3 cm³/mol. The molecule has 1 saturated carbocycles. The summed E-state index contributed by atoms with van der Waals surface area (Å²) in [5.74, 6) is 0.875. The molecule has 5 nitrogen and oxygen atoms in total. The lowest BCUT2D eigenvalue weighted by Gasteiger charge is -2.22. The van der Waals surface area contributed by atoms with Crippen LogP contribution in [0.25, 0.3) is 10.8 Å². The molecule has 1 aliphatic rings. The normalized spacial score (nSPS) is 13.8. The van der Waals surface area contributed by atoms with Crippen LogP contribution in [0.1, 0.15) is 24.1 Å². The molecule has 3 aromatic heterocycles. The van der Waals surface area contributed by atoms with E-state index < -0.39 is 0 Å². The van der Waals surface area contributed by atoms with E-state index in [9.17, 15) is 4.79 Å². The number of hydrogen-bond acceptors (Lipinski definition) is 5. The third-order valence-electron chi connectivity index (χ3n) is 4.03. The Bertz CT molecular complexity index is 810. The molecule has 0 N–H and O–H groups in total. The molecule has 0 bridgehead atoms. The fourth-order valence-corrected chi connectivity index (χ4v) is 3.44. The van der Waals surface area contributed by atoms with Crippen molar-refractivity contribution in [1.82, 2.24) is 14.9 Å². The van der Waals surface area contributed by atoms with Gasteiger partial charge in [0.2, 0.25) is 5.91 Å². The van der Waals surface area contributed by atoms with Crippen LogP contribution in [-0.4, -0.2) is 26.8 Å². The maximum absolute atomic E-state index is 12.7. The van der Waals surface area contributed by atoms with E-state index in [-0.39, 0.29) is 5.91 Å². The third kappa shape index (κ3) is 3.38. The van der Waals surface area contributed by atoms with Gasteiger partial charge >= 0.3 is 0 Å². The van der Waals surface area contributed by atoms with Crippen LogP contribution in [0.5, 0.6) is 0 Å². The van der Waals surface area contributed by atoms with Gasteiger partial charge in [-0.3, -0.25) is 9.78 Å². The summed E-state index contributed by atoms with van der Waals surface area (Å²) in [5, 5.41) is 2.75. The fourth-order valence-electron chi connectivity index (χ4n) is 2.65. The standard InChI is InChI=1S/C18H17N3O2S/c22-17(10-14-12-24-18(20-14)16-2-1-9-23-16)21(15-3-4-15)11-13-5-7-19-8-6-13/h1-2,5-9,12,15H,3-4,10-11H2. The highest BCUT2D eigenvalue weighted by molar-refractivity contribution is 7.13. The van der Waals surface area contributed by atoms with Gasteiger partial charge in [0.25, 0.3) is 0 Å². The van der Waals surface area contributed by atoms with Gasteiger partial charge < -0.3 is 9.32 Å². The Labute approximate surface area is 144 Å². The smallest absolute Gasteiger partial charge is 0.229 e. The fraction of sp³-hybridized carbons (Fsp3) is 0.278. The molecule has 3 heterocycles. The van der Waals surface area contributed by atoms with E-state index in [1.165, 1.54) is 11.3 Å². The molecule has 0 saturated heterocycles. The lowest BCUT2D eigenvalue weighted by molar-refractivity contribution is -0.131. The first-order valence-electron chi connectivity index (χ1n) is 7.96. The number of pyridine rings is 1. The number of carbonyl (C=O) groups excluding carboxylic acids is 1. The third-order valence-corrected chi connectivity index (χ3v) is 4.93. The SMILES string of the molecule is O=C(Cc1csc(-c2ccco2)n1)N(Cc1ccncc1)C1CC1. The lowest BCUT2D eigenvalue weighted by Crippen LogP contribution is -2.33. The Morgan fingerprint density at radius 2 is 2.12 bits per heavy atom. The molecule has 24 heavy (non-hydrogen) atoms. The van der Waals surface area contributed by atoms with Crippen LogP contribution in [0, 0.1) is 0 Å². The van der Waals surface area contributed by atoms with Crippen molar-refractivity contribution in [3.8, 4) is 10.8 Å². The summed E-state index contributed by atoms with van der Waals surface area (Å²) in [5.41, 5.74) is 1.91. The minimum Gasteiger partial charge on any atom is -0.462 e. The summed E-state index contributed by atoms with van der Waals surface area (Å²) in [6.45, 7) is 0.640. The minimum absolute atomic E-state index is 0.130. The summed E-state index contributed by atoms with van der Waals surface area (Å²) in [6, 6.07) is 8.00. The van der Waals surface area contributed by atoms with Gasteiger partial charge in [-0.2, -0.15) is 0 Å². The molecule has 4 rings (SSSR count). The van der Waals surface area contributed by atoms with Crippen molar-refractivity contribution in [3.63, 3.8) is 0 Å². The number of carbonyl (C=O) groups is 1. The zero-order chi connectivity index (χ0) is 16.4. The molecule has 0 aromatic carbocycles. The Kier molecular flexibility index (Phi) is 4.13. The van der Waals surface area contributed by atoms with Gasteiger partial charge in [-0.1, -0.05) is 0 Å². The van der Waals surface area contributed by atoms with Crippen LogP contribution < -0.4 is 0 Å². The minimum atomic E-state index is 0.130. The monoisotopic (exact) mass is 339 g/mol.